The number of sulfone groups is 1. The predicted octanol–water partition coefficient (Wildman–Crippen LogP) is 6.05. The summed E-state index contributed by atoms with van der Waals surface area (Å²) in [5, 5.41) is 18.3. The number of hydrogen-bond acceptors (Lipinski definition) is 8. The van der Waals surface area contributed by atoms with Crippen LogP contribution in [0.1, 0.15) is 47.3 Å². The Morgan fingerprint density at radius 2 is 2.02 bits per heavy atom. The Kier molecular flexibility index (Phi) is 7.69. The van der Waals surface area contributed by atoms with E-state index in [0.29, 0.717) is 32.4 Å². The normalized spacial score (nSPS) is 20.6. The van der Waals surface area contributed by atoms with E-state index in [-0.39, 0.29) is 40.8 Å². The number of nitrogens with zero attached hydrogens (tertiary/aromatic N) is 5. The molecule has 1 fully saturated rings. The van der Waals surface area contributed by atoms with Crippen molar-refractivity contribution in [3.8, 4) is 0 Å². The molecule has 2 aromatic carbocycles. The minimum absolute atomic E-state index is 0.0208. The Bertz CT molecular complexity index is 1860. The number of thiazole rings is 1. The molecule has 2 aliphatic rings. The molecule has 14 heteroatoms. The van der Waals surface area contributed by atoms with E-state index < -0.39 is 33.8 Å². The van der Waals surface area contributed by atoms with Crippen molar-refractivity contribution in [1.29, 1.82) is 0 Å². The molecule has 0 aliphatic carbocycles. The second-order valence-corrected chi connectivity index (χ2v) is 14.0. The first-order chi connectivity index (χ1) is 20.4. The summed E-state index contributed by atoms with van der Waals surface area (Å²) in [4.78, 5) is 11.2. The van der Waals surface area contributed by atoms with Gasteiger partial charge in [0, 0.05) is 46.1 Å². The van der Waals surface area contributed by atoms with Crippen molar-refractivity contribution < 1.29 is 26.7 Å². The number of aryl methyl sites for hydroxylation is 1. The Labute approximate surface area is 254 Å². The molecule has 2 atom stereocenters. The molecule has 0 unspecified atom stereocenters. The number of alkyl halides is 2. The van der Waals surface area contributed by atoms with Crippen LogP contribution in [0.3, 0.4) is 0 Å². The lowest BCUT2D eigenvalue weighted by Gasteiger charge is -2.32. The summed E-state index contributed by atoms with van der Waals surface area (Å²) >= 11 is 7.80. The van der Waals surface area contributed by atoms with Gasteiger partial charge < -0.3 is 10.0 Å². The number of fused-ring (bicyclic) bond motifs is 1. The molecule has 4 aromatic rings. The summed E-state index contributed by atoms with van der Waals surface area (Å²) in [5.74, 6) is -0.484. The topological polar surface area (TPSA) is 101 Å². The summed E-state index contributed by atoms with van der Waals surface area (Å²) in [6.07, 6.45) is 2.61. The van der Waals surface area contributed by atoms with Gasteiger partial charge in [0.05, 0.1) is 28.5 Å². The molecule has 0 saturated carbocycles. The molecule has 8 nitrogen and oxygen atoms in total. The summed E-state index contributed by atoms with van der Waals surface area (Å²) in [7, 11) is -3.72. The fourth-order valence-electron chi connectivity index (χ4n) is 5.46. The number of amidine groups is 1. The molecule has 2 aromatic heterocycles. The van der Waals surface area contributed by atoms with E-state index in [1.54, 1.807) is 41.6 Å². The second-order valence-electron chi connectivity index (χ2n) is 10.5. The quantitative estimate of drug-likeness (QED) is 0.250. The zero-order chi connectivity index (χ0) is 30.5. The number of benzene rings is 2. The minimum atomic E-state index is -3.72. The number of hydrogen-bond donors (Lipinski definition) is 1. The lowest BCUT2D eigenvalue weighted by Crippen LogP contribution is -2.38. The van der Waals surface area contributed by atoms with Crippen LogP contribution in [-0.2, 0) is 9.84 Å². The zero-order valence-electron chi connectivity index (χ0n) is 22.7. The number of aromatic nitrogens is 3. The third kappa shape index (κ3) is 5.74. The van der Waals surface area contributed by atoms with E-state index in [0.717, 1.165) is 17.8 Å². The highest BCUT2D eigenvalue weighted by atomic mass is 35.5. The smallest absolute Gasteiger partial charge is 0.333 e. The molecule has 0 spiro atoms. The number of rotatable bonds is 8. The maximum atomic E-state index is 14.0. The van der Waals surface area contributed by atoms with Gasteiger partial charge in [-0.3, -0.25) is 4.99 Å². The van der Waals surface area contributed by atoms with E-state index in [2.05, 4.69) is 10.1 Å². The van der Waals surface area contributed by atoms with Crippen molar-refractivity contribution in [3.05, 3.63) is 105 Å². The van der Waals surface area contributed by atoms with E-state index in [1.165, 1.54) is 35.6 Å². The maximum absolute atomic E-state index is 14.0. The Balaban J connectivity index is 1.46. The van der Waals surface area contributed by atoms with Crippen LogP contribution in [-0.4, -0.2) is 56.9 Å². The molecule has 4 heterocycles. The zero-order valence-corrected chi connectivity index (χ0v) is 25.1. The Hall–Kier alpha value is -3.52. The molecule has 0 bridgehead atoms. The van der Waals surface area contributed by atoms with Crippen molar-refractivity contribution >= 4 is 44.2 Å². The van der Waals surface area contributed by atoms with Crippen LogP contribution >= 0.6 is 22.9 Å². The summed E-state index contributed by atoms with van der Waals surface area (Å²) in [5.41, 5.74) is 0.756. The maximum Gasteiger partial charge on any atom is 0.333 e. The fourth-order valence-corrected chi connectivity index (χ4v) is 7.91. The minimum Gasteiger partial charge on any atom is -0.388 e. The van der Waals surface area contributed by atoms with Crippen molar-refractivity contribution in [1.82, 2.24) is 19.7 Å². The first-order valence-electron chi connectivity index (χ1n) is 13.2. The van der Waals surface area contributed by atoms with Crippen LogP contribution in [0.25, 0.3) is 5.57 Å². The molecule has 0 radical (unpaired) electrons. The largest absolute Gasteiger partial charge is 0.388 e. The van der Waals surface area contributed by atoms with E-state index in [9.17, 15) is 26.7 Å². The fraction of sp³-hybridized carbons (Fsp3) is 0.276. The highest BCUT2D eigenvalue weighted by molar-refractivity contribution is 7.91. The van der Waals surface area contributed by atoms with E-state index >= 15 is 0 Å². The van der Waals surface area contributed by atoms with Crippen LogP contribution in [0.4, 0.5) is 13.2 Å². The first-order valence-corrected chi connectivity index (χ1v) is 16.1. The standard InChI is InChI=1S/C29H25ClF3N5O3S2/c1-17-3-2-4-19(13-17)43(40,41)12-8-29(39)15-23-24(22-7-10-38(36-22)28(32)33)25(20-6-5-18(31)14-21(20)30)35-26(37(23)16-29)27-34-9-11-42-27/h2-7,9-11,13-14,25,28,39H,8,12,15-16H2,1H3/t25-,29+/m0/s1. The number of halogens is 4. The average molecular weight is 648 g/mol. The summed E-state index contributed by atoms with van der Waals surface area (Å²) in [6, 6.07) is 10.9. The van der Waals surface area contributed by atoms with E-state index in [4.69, 9.17) is 16.6 Å². The monoisotopic (exact) mass is 647 g/mol. The molecular formula is C29H25ClF3N5O3S2. The van der Waals surface area contributed by atoms with Crippen LogP contribution < -0.4 is 0 Å². The second kappa shape index (κ2) is 11.2. The van der Waals surface area contributed by atoms with Gasteiger partial charge in [-0.15, -0.1) is 11.3 Å². The molecular weight excluding hydrogens is 623 g/mol. The Morgan fingerprint density at radius 3 is 2.70 bits per heavy atom. The van der Waals surface area contributed by atoms with Crippen molar-refractivity contribution in [3.63, 3.8) is 0 Å². The SMILES string of the molecule is Cc1cccc(S(=O)(=O)CC[C@@]2(O)CC3=C(c4ccn(C(F)F)n4)[C@H](c4ccc(F)cc4Cl)N=C(c4nccs4)N3C2)c1. The van der Waals surface area contributed by atoms with Crippen LogP contribution in [0.15, 0.2) is 81.9 Å². The number of aliphatic imine (C=N–C) groups is 1. The number of aliphatic hydroxyl groups is 1. The van der Waals surface area contributed by atoms with Crippen molar-refractivity contribution in [2.24, 2.45) is 4.99 Å². The van der Waals surface area contributed by atoms with Gasteiger partial charge in [-0.1, -0.05) is 29.8 Å². The van der Waals surface area contributed by atoms with Crippen LogP contribution in [0.5, 0.6) is 0 Å². The third-order valence-electron chi connectivity index (χ3n) is 7.52. The molecule has 43 heavy (non-hydrogen) atoms. The first kappa shape index (κ1) is 29.5. The Morgan fingerprint density at radius 1 is 1.21 bits per heavy atom. The van der Waals surface area contributed by atoms with Crippen LogP contribution in [0, 0.1) is 12.7 Å². The van der Waals surface area contributed by atoms with Gasteiger partial charge in [0.15, 0.2) is 20.7 Å². The van der Waals surface area contributed by atoms with Gasteiger partial charge in [-0.25, -0.2) is 22.5 Å². The van der Waals surface area contributed by atoms with Gasteiger partial charge >= 0.3 is 6.55 Å². The molecule has 2 aliphatic heterocycles. The van der Waals surface area contributed by atoms with Gasteiger partial charge in [-0.2, -0.15) is 13.9 Å². The highest BCUT2D eigenvalue weighted by Gasteiger charge is 2.47. The van der Waals surface area contributed by atoms with Crippen molar-refractivity contribution in [2.45, 2.75) is 42.9 Å². The molecule has 0 amide bonds. The lowest BCUT2D eigenvalue weighted by atomic mass is 9.90. The third-order valence-corrected chi connectivity index (χ3v) is 10.3. The molecule has 224 valence electrons. The average Bonchev–Trinajstić information content (AvgIpc) is 3.72. The van der Waals surface area contributed by atoms with Crippen LogP contribution in [0.2, 0.25) is 5.02 Å². The van der Waals surface area contributed by atoms with Crippen molar-refractivity contribution in [2.75, 3.05) is 12.3 Å². The molecule has 6 rings (SSSR count). The molecule has 1 N–H and O–H groups in total. The van der Waals surface area contributed by atoms with Gasteiger partial charge in [0.1, 0.15) is 11.9 Å². The van der Waals surface area contributed by atoms with Gasteiger partial charge in [0.25, 0.3) is 0 Å². The van der Waals surface area contributed by atoms with E-state index in [1.807, 2.05) is 0 Å². The lowest BCUT2D eigenvalue weighted by molar-refractivity contribution is 0.0526. The highest BCUT2D eigenvalue weighted by Crippen LogP contribution is 2.48. The predicted molar refractivity (Wildman–Crippen MR) is 157 cm³/mol. The summed E-state index contributed by atoms with van der Waals surface area (Å²) < 4.78 is 68.1. The molecule has 1 saturated heterocycles. The summed E-state index contributed by atoms with van der Waals surface area (Å²) in [6.45, 7) is -1.12. The van der Waals surface area contributed by atoms with Gasteiger partial charge in [-0.05, 0) is 49.2 Å². The van der Waals surface area contributed by atoms with Gasteiger partial charge in [0.2, 0.25) is 0 Å².